The maximum absolute atomic E-state index is 13.2. The number of amides is 4. The molecule has 43 heavy (non-hydrogen) atoms. The van der Waals surface area contributed by atoms with Crippen LogP contribution in [-0.2, 0) is 35.8 Å². The molecular formula is C31H50N4O7S. The van der Waals surface area contributed by atoms with Crippen LogP contribution in [0, 0.1) is 11.8 Å². The minimum atomic E-state index is -1.24. The second-order valence-electron chi connectivity index (χ2n) is 12.5. The maximum Gasteiger partial charge on any atom is 0.407 e. The minimum absolute atomic E-state index is 0.00886. The molecule has 0 aromatic heterocycles. The van der Waals surface area contributed by atoms with Crippen LogP contribution in [-0.4, -0.2) is 71.9 Å². The number of ether oxygens (including phenoxy) is 1. The highest BCUT2D eigenvalue weighted by Crippen LogP contribution is 2.22. The van der Waals surface area contributed by atoms with Gasteiger partial charge in [0.15, 0.2) is 0 Å². The number of hydrogen-bond donors (Lipinski definition) is 6. The second-order valence-corrected chi connectivity index (χ2v) is 12.9. The average molecular weight is 623 g/mol. The number of rotatable bonds is 17. The Balaban J connectivity index is 2.84. The lowest BCUT2D eigenvalue weighted by Gasteiger charge is -2.25. The molecule has 0 saturated carbocycles. The summed E-state index contributed by atoms with van der Waals surface area (Å²) in [5.41, 5.74) is 2.34. The van der Waals surface area contributed by atoms with Crippen LogP contribution in [0.1, 0.15) is 78.9 Å². The van der Waals surface area contributed by atoms with Crippen LogP contribution in [0.4, 0.5) is 4.79 Å². The summed E-state index contributed by atoms with van der Waals surface area (Å²) in [4.78, 5) is 62.6. The number of thiol groups is 1. The van der Waals surface area contributed by atoms with Gasteiger partial charge in [-0.05, 0) is 47.6 Å². The standard InChI is InChI=1S/C31H50N4O7S/c1-19(2)16-24(33-28(39)23(12-13-26(36)37)35-30(41)42-17-20(3)4)29(40)34-25(18-43)27(38)32-15-14-21-8-10-22(11-9-21)31(5,6)7/h8-11,19-20,23-25,43H,12-18H2,1-7H3,(H,32,38)(H,33,39)(H,34,40)(H,35,41)(H,36,37)/t23-,24-,25-/m0/s1. The van der Waals surface area contributed by atoms with Gasteiger partial charge in [0.25, 0.3) is 0 Å². The highest BCUT2D eigenvalue weighted by atomic mass is 32.1. The number of hydrogen-bond acceptors (Lipinski definition) is 7. The van der Waals surface area contributed by atoms with Gasteiger partial charge in [0, 0.05) is 18.7 Å². The second kappa shape index (κ2) is 18.4. The molecule has 0 aliphatic rings. The van der Waals surface area contributed by atoms with Gasteiger partial charge in [-0.2, -0.15) is 12.6 Å². The normalized spacial score (nSPS) is 13.5. The van der Waals surface area contributed by atoms with Crippen molar-refractivity contribution in [1.82, 2.24) is 21.3 Å². The van der Waals surface area contributed by atoms with Crippen molar-refractivity contribution >= 4 is 42.4 Å². The van der Waals surface area contributed by atoms with Crippen molar-refractivity contribution in [3.8, 4) is 0 Å². The van der Waals surface area contributed by atoms with Gasteiger partial charge in [-0.3, -0.25) is 19.2 Å². The lowest BCUT2D eigenvalue weighted by molar-refractivity contribution is -0.137. The first-order valence-corrected chi connectivity index (χ1v) is 15.4. The zero-order valence-corrected chi connectivity index (χ0v) is 27.4. The van der Waals surface area contributed by atoms with E-state index in [1.807, 2.05) is 39.8 Å². The van der Waals surface area contributed by atoms with Crippen molar-refractivity contribution in [3.63, 3.8) is 0 Å². The van der Waals surface area contributed by atoms with E-state index >= 15 is 0 Å². The van der Waals surface area contributed by atoms with Gasteiger partial charge < -0.3 is 31.1 Å². The van der Waals surface area contributed by atoms with Crippen LogP contribution in [0.2, 0.25) is 0 Å². The molecule has 0 spiro atoms. The number of aliphatic carboxylic acids is 1. The van der Waals surface area contributed by atoms with Crippen molar-refractivity contribution in [2.45, 2.75) is 97.7 Å². The Labute approximate surface area is 261 Å². The van der Waals surface area contributed by atoms with Crippen LogP contribution < -0.4 is 21.3 Å². The number of carboxylic acid groups (broad SMARTS) is 1. The number of nitrogens with one attached hydrogen (secondary N) is 4. The first-order chi connectivity index (χ1) is 20.0. The Kier molecular flexibility index (Phi) is 16.2. The van der Waals surface area contributed by atoms with E-state index in [4.69, 9.17) is 9.84 Å². The molecular weight excluding hydrogens is 572 g/mol. The van der Waals surface area contributed by atoms with E-state index in [0.29, 0.717) is 13.0 Å². The fraction of sp³-hybridized carbons (Fsp3) is 0.645. The highest BCUT2D eigenvalue weighted by Gasteiger charge is 2.30. The summed E-state index contributed by atoms with van der Waals surface area (Å²) in [5, 5.41) is 19.6. The molecule has 1 aromatic carbocycles. The van der Waals surface area contributed by atoms with Gasteiger partial charge in [-0.25, -0.2) is 4.79 Å². The molecule has 0 aliphatic heterocycles. The Bertz CT molecular complexity index is 1070. The zero-order chi connectivity index (χ0) is 32.7. The monoisotopic (exact) mass is 622 g/mol. The van der Waals surface area contributed by atoms with Crippen molar-refractivity contribution in [2.24, 2.45) is 11.8 Å². The molecule has 12 heteroatoms. The van der Waals surface area contributed by atoms with E-state index in [9.17, 15) is 24.0 Å². The number of benzene rings is 1. The maximum atomic E-state index is 13.2. The van der Waals surface area contributed by atoms with Gasteiger partial charge >= 0.3 is 12.1 Å². The van der Waals surface area contributed by atoms with Crippen molar-refractivity contribution in [3.05, 3.63) is 35.4 Å². The predicted molar refractivity (Wildman–Crippen MR) is 169 cm³/mol. The van der Waals surface area contributed by atoms with Crippen LogP contribution in [0.3, 0.4) is 0 Å². The van der Waals surface area contributed by atoms with Crippen LogP contribution >= 0.6 is 12.6 Å². The van der Waals surface area contributed by atoms with Gasteiger partial charge in [-0.1, -0.05) is 72.7 Å². The van der Waals surface area contributed by atoms with Gasteiger partial charge in [0.1, 0.15) is 18.1 Å². The van der Waals surface area contributed by atoms with Crippen molar-refractivity contribution in [1.29, 1.82) is 0 Å². The Morgan fingerprint density at radius 1 is 0.837 bits per heavy atom. The first-order valence-electron chi connectivity index (χ1n) is 14.8. The molecule has 1 rings (SSSR count). The Morgan fingerprint density at radius 3 is 1.93 bits per heavy atom. The third-order valence-corrected chi connectivity index (χ3v) is 6.86. The van der Waals surface area contributed by atoms with Crippen LogP contribution in [0.15, 0.2) is 24.3 Å². The van der Waals surface area contributed by atoms with Crippen LogP contribution in [0.25, 0.3) is 0 Å². The fourth-order valence-electron chi connectivity index (χ4n) is 4.03. The van der Waals surface area contributed by atoms with Crippen molar-refractivity contribution < 1.29 is 33.8 Å². The highest BCUT2D eigenvalue weighted by molar-refractivity contribution is 7.80. The van der Waals surface area contributed by atoms with Gasteiger partial charge in [0.2, 0.25) is 17.7 Å². The third-order valence-electron chi connectivity index (χ3n) is 6.49. The average Bonchev–Trinajstić information content (AvgIpc) is 2.91. The topological polar surface area (TPSA) is 163 Å². The molecule has 0 unspecified atom stereocenters. The smallest absolute Gasteiger partial charge is 0.407 e. The van der Waals surface area contributed by atoms with E-state index in [1.165, 1.54) is 5.56 Å². The van der Waals surface area contributed by atoms with E-state index < -0.39 is 47.9 Å². The summed E-state index contributed by atoms with van der Waals surface area (Å²) in [6, 6.07) is 5.00. The van der Waals surface area contributed by atoms with E-state index in [-0.39, 0.29) is 48.9 Å². The number of carbonyl (C=O) groups is 5. The van der Waals surface area contributed by atoms with E-state index in [1.54, 1.807) is 0 Å². The van der Waals surface area contributed by atoms with Crippen LogP contribution in [0.5, 0.6) is 0 Å². The molecule has 0 radical (unpaired) electrons. The lowest BCUT2D eigenvalue weighted by Crippen LogP contribution is -2.57. The van der Waals surface area contributed by atoms with E-state index in [2.05, 4.69) is 66.8 Å². The third kappa shape index (κ3) is 15.1. The lowest BCUT2D eigenvalue weighted by atomic mass is 9.86. The largest absolute Gasteiger partial charge is 0.481 e. The molecule has 3 atom stereocenters. The summed E-state index contributed by atoms with van der Waals surface area (Å²) in [6.45, 7) is 14.3. The molecule has 0 aliphatic carbocycles. The Hall–Kier alpha value is -3.28. The SMILES string of the molecule is CC(C)COC(=O)N[C@@H](CCC(=O)O)C(=O)N[C@@H](CC(C)C)C(=O)N[C@@H](CS)C(=O)NCCc1ccc(C(C)(C)C)cc1. The van der Waals surface area contributed by atoms with Crippen molar-refractivity contribution in [2.75, 3.05) is 18.9 Å². The Morgan fingerprint density at radius 2 is 1.42 bits per heavy atom. The molecule has 0 saturated heterocycles. The number of carbonyl (C=O) groups excluding carboxylic acids is 4. The molecule has 1 aromatic rings. The molecule has 0 heterocycles. The molecule has 11 nitrogen and oxygen atoms in total. The molecule has 0 bridgehead atoms. The quantitative estimate of drug-likeness (QED) is 0.145. The van der Waals surface area contributed by atoms with Gasteiger partial charge in [-0.15, -0.1) is 0 Å². The molecule has 0 fully saturated rings. The first kappa shape index (κ1) is 37.7. The molecule has 5 N–H and O–H groups in total. The summed E-state index contributed by atoms with van der Waals surface area (Å²) in [5.74, 6) is -2.78. The minimum Gasteiger partial charge on any atom is -0.481 e. The molecule has 4 amide bonds. The predicted octanol–water partition coefficient (Wildman–Crippen LogP) is 3.20. The van der Waals surface area contributed by atoms with Gasteiger partial charge in [0.05, 0.1) is 6.61 Å². The summed E-state index contributed by atoms with van der Waals surface area (Å²) >= 11 is 4.24. The fourth-order valence-corrected chi connectivity index (χ4v) is 4.29. The number of alkyl carbamates (subject to hydrolysis) is 1. The number of carboxylic acids is 1. The summed E-state index contributed by atoms with van der Waals surface area (Å²) < 4.78 is 5.07. The summed E-state index contributed by atoms with van der Waals surface area (Å²) in [7, 11) is 0. The molecule has 242 valence electrons. The van der Waals surface area contributed by atoms with E-state index in [0.717, 1.165) is 5.56 Å². The zero-order valence-electron chi connectivity index (χ0n) is 26.5. The summed E-state index contributed by atoms with van der Waals surface area (Å²) in [6.07, 6.45) is -0.589.